The van der Waals surface area contributed by atoms with Gasteiger partial charge in [0.05, 0.1) is 0 Å². The van der Waals surface area contributed by atoms with Crippen LogP contribution in [0, 0.1) is 0 Å². The van der Waals surface area contributed by atoms with Gasteiger partial charge in [-0.2, -0.15) is 0 Å². The van der Waals surface area contributed by atoms with Gasteiger partial charge in [-0.15, -0.1) is 0 Å². The molecule has 0 aliphatic carbocycles. The molecule has 4 nitrogen and oxygen atoms in total. The molecule has 0 saturated carbocycles. The molecule has 0 aromatic carbocycles. The highest BCUT2D eigenvalue weighted by Gasteiger charge is 2.24. The van der Waals surface area contributed by atoms with Gasteiger partial charge >= 0.3 is 0 Å². The first kappa shape index (κ1) is 12.1. The van der Waals surface area contributed by atoms with Crippen molar-refractivity contribution in [3.05, 3.63) is 12.2 Å². The molecule has 0 atom stereocenters. The van der Waals surface area contributed by atoms with E-state index in [2.05, 4.69) is 11.9 Å². The summed E-state index contributed by atoms with van der Waals surface area (Å²) in [6.45, 7) is 6.82. The standard InChI is InChI=1S/C9H17NO3/c1-4-5-6-9(12,13)10-8(11)7(2)3/h12-13H,2,4-6H2,1,3H3,(H,10,11). The summed E-state index contributed by atoms with van der Waals surface area (Å²) in [6, 6.07) is 0. The van der Waals surface area contributed by atoms with E-state index in [1.807, 2.05) is 6.92 Å². The van der Waals surface area contributed by atoms with Gasteiger partial charge in [0.15, 0.2) is 0 Å². The lowest BCUT2D eigenvalue weighted by Gasteiger charge is -2.22. The van der Waals surface area contributed by atoms with E-state index in [1.165, 1.54) is 6.92 Å². The van der Waals surface area contributed by atoms with Crippen LogP contribution in [0.15, 0.2) is 12.2 Å². The van der Waals surface area contributed by atoms with E-state index in [0.29, 0.717) is 6.42 Å². The molecular weight excluding hydrogens is 170 g/mol. The second kappa shape index (κ2) is 4.99. The predicted octanol–water partition coefficient (Wildman–Crippen LogP) is 0.507. The Morgan fingerprint density at radius 1 is 1.54 bits per heavy atom. The molecule has 1 amide bonds. The van der Waals surface area contributed by atoms with Crippen molar-refractivity contribution in [2.24, 2.45) is 0 Å². The average Bonchev–Trinajstić information content (AvgIpc) is 2.00. The van der Waals surface area contributed by atoms with Crippen LogP contribution in [0.5, 0.6) is 0 Å². The molecule has 0 saturated heterocycles. The molecule has 0 fully saturated rings. The third-order valence-corrected chi connectivity index (χ3v) is 1.58. The first-order valence-corrected chi connectivity index (χ1v) is 4.32. The van der Waals surface area contributed by atoms with Gasteiger partial charge in [-0.1, -0.05) is 19.9 Å². The van der Waals surface area contributed by atoms with Crippen molar-refractivity contribution in [1.82, 2.24) is 5.32 Å². The molecule has 0 aromatic heterocycles. The summed E-state index contributed by atoms with van der Waals surface area (Å²) in [5, 5.41) is 20.6. The number of rotatable bonds is 5. The third-order valence-electron chi connectivity index (χ3n) is 1.58. The highest BCUT2D eigenvalue weighted by Crippen LogP contribution is 2.07. The fourth-order valence-corrected chi connectivity index (χ4v) is 0.774. The van der Waals surface area contributed by atoms with Crippen molar-refractivity contribution in [3.8, 4) is 0 Å². The van der Waals surface area contributed by atoms with Crippen molar-refractivity contribution in [1.29, 1.82) is 0 Å². The van der Waals surface area contributed by atoms with Crippen LogP contribution < -0.4 is 5.32 Å². The smallest absolute Gasteiger partial charge is 0.250 e. The Bertz CT molecular complexity index is 199. The molecule has 0 heterocycles. The zero-order valence-corrected chi connectivity index (χ0v) is 8.13. The molecule has 0 spiro atoms. The topological polar surface area (TPSA) is 69.6 Å². The van der Waals surface area contributed by atoms with E-state index in [4.69, 9.17) is 0 Å². The Kier molecular flexibility index (Phi) is 4.66. The fourth-order valence-electron chi connectivity index (χ4n) is 0.774. The summed E-state index contributed by atoms with van der Waals surface area (Å²) in [5.74, 6) is -2.65. The molecule has 13 heavy (non-hydrogen) atoms. The highest BCUT2D eigenvalue weighted by molar-refractivity contribution is 5.92. The molecule has 0 bridgehead atoms. The summed E-state index contributed by atoms with van der Waals surface area (Å²) >= 11 is 0. The molecule has 0 unspecified atom stereocenters. The van der Waals surface area contributed by atoms with Gasteiger partial charge in [-0.3, -0.25) is 4.79 Å². The summed E-state index contributed by atoms with van der Waals surface area (Å²) in [4.78, 5) is 11.0. The van der Waals surface area contributed by atoms with Gasteiger partial charge in [0.2, 0.25) is 11.8 Å². The summed E-state index contributed by atoms with van der Waals surface area (Å²) in [5.41, 5.74) is 0.254. The van der Waals surface area contributed by atoms with Crippen molar-refractivity contribution in [3.63, 3.8) is 0 Å². The van der Waals surface area contributed by atoms with Crippen LogP contribution in [0.2, 0.25) is 0 Å². The Labute approximate surface area is 78.3 Å². The van der Waals surface area contributed by atoms with Gasteiger partial charge < -0.3 is 15.5 Å². The molecule has 0 rings (SSSR count). The minimum Gasteiger partial charge on any atom is -0.349 e. The van der Waals surface area contributed by atoms with Gasteiger partial charge in [0.25, 0.3) is 0 Å². The van der Waals surface area contributed by atoms with Crippen LogP contribution in [0.4, 0.5) is 0 Å². The zero-order chi connectivity index (χ0) is 10.5. The normalized spacial score (nSPS) is 11.1. The Balaban J connectivity index is 4.00. The number of aliphatic hydroxyl groups is 2. The van der Waals surface area contributed by atoms with Crippen molar-refractivity contribution >= 4 is 5.91 Å². The molecule has 0 aliphatic rings. The van der Waals surface area contributed by atoms with Crippen molar-refractivity contribution < 1.29 is 15.0 Å². The van der Waals surface area contributed by atoms with Gasteiger partial charge in [0, 0.05) is 12.0 Å². The monoisotopic (exact) mass is 187 g/mol. The largest absolute Gasteiger partial charge is 0.349 e. The number of hydrogen-bond donors (Lipinski definition) is 3. The summed E-state index contributed by atoms with van der Waals surface area (Å²) < 4.78 is 0. The average molecular weight is 187 g/mol. The first-order valence-electron chi connectivity index (χ1n) is 4.32. The lowest BCUT2D eigenvalue weighted by Crippen LogP contribution is -2.48. The lowest BCUT2D eigenvalue weighted by atomic mass is 10.2. The van der Waals surface area contributed by atoms with Crippen molar-refractivity contribution in [2.45, 2.75) is 39.0 Å². The lowest BCUT2D eigenvalue weighted by molar-refractivity contribution is -0.192. The van der Waals surface area contributed by atoms with Crippen molar-refractivity contribution in [2.75, 3.05) is 0 Å². The van der Waals surface area contributed by atoms with E-state index < -0.39 is 11.8 Å². The quantitative estimate of drug-likeness (QED) is 0.434. The van der Waals surface area contributed by atoms with E-state index in [-0.39, 0.29) is 12.0 Å². The second-order valence-corrected chi connectivity index (χ2v) is 3.15. The van der Waals surface area contributed by atoms with Gasteiger partial charge in [-0.25, -0.2) is 0 Å². The second-order valence-electron chi connectivity index (χ2n) is 3.15. The van der Waals surface area contributed by atoms with E-state index in [1.54, 1.807) is 0 Å². The first-order chi connectivity index (χ1) is 5.89. The maximum atomic E-state index is 11.0. The molecule has 0 aromatic rings. The molecule has 0 radical (unpaired) electrons. The van der Waals surface area contributed by atoms with E-state index in [0.717, 1.165) is 6.42 Å². The maximum absolute atomic E-state index is 11.0. The van der Waals surface area contributed by atoms with E-state index >= 15 is 0 Å². The van der Waals surface area contributed by atoms with Crippen LogP contribution in [0.1, 0.15) is 33.1 Å². The summed E-state index contributed by atoms with van der Waals surface area (Å²) in [7, 11) is 0. The predicted molar refractivity (Wildman–Crippen MR) is 49.7 cm³/mol. The Hall–Kier alpha value is -0.870. The van der Waals surface area contributed by atoms with Crippen LogP contribution >= 0.6 is 0 Å². The Morgan fingerprint density at radius 2 is 2.08 bits per heavy atom. The number of hydrogen-bond acceptors (Lipinski definition) is 3. The summed E-state index contributed by atoms with van der Waals surface area (Å²) in [6.07, 6.45) is 1.61. The number of nitrogens with one attached hydrogen (secondary N) is 1. The Morgan fingerprint density at radius 3 is 2.46 bits per heavy atom. The van der Waals surface area contributed by atoms with Crippen LogP contribution in [-0.4, -0.2) is 22.0 Å². The fraction of sp³-hybridized carbons (Fsp3) is 0.667. The van der Waals surface area contributed by atoms with Gasteiger partial charge in [-0.05, 0) is 13.3 Å². The molecule has 0 aliphatic heterocycles. The number of unbranched alkanes of at least 4 members (excludes halogenated alkanes) is 1. The van der Waals surface area contributed by atoms with Crippen LogP contribution in [0.3, 0.4) is 0 Å². The number of carbonyl (C=O) groups excluding carboxylic acids is 1. The maximum Gasteiger partial charge on any atom is 0.250 e. The third kappa shape index (κ3) is 5.38. The minimum absolute atomic E-state index is 0.127. The van der Waals surface area contributed by atoms with E-state index in [9.17, 15) is 15.0 Å². The van der Waals surface area contributed by atoms with Crippen LogP contribution in [0.25, 0.3) is 0 Å². The number of amides is 1. The SMILES string of the molecule is C=C(C)C(=O)NC(O)(O)CCCC. The molecule has 3 N–H and O–H groups in total. The molecule has 4 heteroatoms. The minimum atomic E-state index is -2.11. The van der Waals surface area contributed by atoms with Crippen LogP contribution in [-0.2, 0) is 4.79 Å². The van der Waals surface area contributed by atoms with Gasteiger partial charge in [0.1, 0.15) is 0 Å². The highest BCUT2D eigenvalue weighted by atomic mass is 16.5. The zero-order valence-electron chi connectivity index (χ0n) is 8.13. The molecular formula is C9H17NO3. The number of carbonyl (C=O) groups is 1. The molecule has 76 valence electrons.